The first-order chi connectivity index (χ1) is 13.5. The third-order valence-corrected chi connectivity index (χ3v) is 6.10. The van der Waals surface area contributed by atoms with Crippen molar-refractivity contribution in [2.75, 3.05) is 12.3 Å². The van der Waals surface area contributed by atoms with Crippen molar-refractivity contribution in [3.8, 4) is 0 Å². The van der Waals surface area contributed by atoms with Gasteiger partial charge >= 0.3 is 6.18 Å². The Morgan fingerprint density at radius 1 is 1.07 bits per heavy atom. The highest BCUT2D eigenvalue weighted by Gasteiger charge is 2.38. The van der Waals surface area contributed by atoms with Gasteiger partial charge in [0.05, 0.1) is 11.7 Å². The van der Waals surface area contributed by atoms with E-state index in [0.29, 0.717) is 0 Å². The first kappa shape index (κ1) is 21.3. The molecule has 2 N–H and O–H groups in total. The molecule has 3 rings (SSSR count). The summed E-state index contributed by atoms with van der Waals surface area (Å²) in [5.41, 5.74) is 2.02. The van der Waals surface area contributed by atoms with E-state index in [4.69, 9.17) is 0 Å². The summed E-state index contributed by atoms with van der Waals surface area (Å²) in [6.45, 7) is 3.52. The Balaban J connectivity index is 1.94. The van der Waals surface area contributed by atoms with Crippen molar-refractivity contribution in [3.63, 3.8) is 0 Å². The van der Waals surface area contributed by atoms with Crippen molar-refractivity contribution < 1.29 is 21.6 Å². The molecule has 0 saturated heterocycles. The van der Waals surface area contributed by atoms with E-state index in [2.05, 4.69) is 14.9 Å². The second-order valence-corrected chi connectivity index (χ2v) is 9.55. The van der Waals surface area contributed by atoms with Crippen LogP contribution in [0.4, 0.5) is 13.2 Å². The van der Waals surface area contributed by atoms with Crippen LogP contribution in [0.3, 0.4) is 0 Å². The SMILES string of the molecule is CC(C)(CNS(=O)(=O)CC(F)(F)F)C(c1ccccc1)c1ccc2[nH]ncc2c1. The molecule has 1 atom stereocenters. The van der Waals surface area contributed by atoms with E-state index < -0.39 is 27.4 Å². The highest BCUT2D eigenvalue weighted by atomic mass is 32.2. The molecule has 0 saturated carbocycles. The maximum Gasteiger partial charge on any atom is 0.404 e. The average Bonchev–Trinajstić information content (AvgIpc) is 3.07. The van der Waals surface area contributed by atoms with Crippen molar-refractivity contribution in [2.24, 2.45) is 5.41 Å². The second-order valence-electron chi connectivity index (χ2n) is 7.74. The number of sulfonamides is 1. The maximum absolute atomic E-state index is 12.5. The Kier molecular flexibility index (Phi) is 5.73. The van der Waals surface area contributed by atoms with E-state index >= 15 is 0 Å². The van der Waals surface area contributed by atoms with Crippen LogP contribution >= 0.6 is 0 Å². The summed E-state index contributed by atoms with van der Waals surface area (Å²) in [6.07, 6.45) is -3.10. The van der Waals surface area contributed by atoms with Gasteiger partial charge in [-0.3, -0.25) is 5.10 Å². The first-order valence-corrected chi connectivity index (χ1v) is 10.6. The number of H-pyrrole nitrogens is 1. The molecule has 0 radical (unpaired) electrons. The highest BCUT2D eigenvalue weighted by molar-refractivity contribution is 7.89. The van der Waals surface area contributed by atoms with Gasteiger partial charge in [0.1, 0.15) is 0 Å². The van der Waals surface area contributed by atoms with E-state index in [0.717, 1.165) is 22.0 Å². The zero-order chi connectivity index (χ0) is 21.3. The summed E-state index contributed by atoms with van der Waals surface area (Å²) >= 11 is 0. The highest BCUT2D eigenvalue weighted by Crippen LogP contribution is 2.41. The molecule has 3 aromatic rings. The van der Waals surface area contributed by atoms with Crippen LogP contribution in [0.15, 0.2) is 54.7 Å². The molecule has 1 unspecified atom stereocenters. The van der Waals surface area contributed by atoms with E-state index in [9.17, 15) is 21.6 Å². The Morgan fingerprint density at radius 3 is 2.41 bits per heavy atom. The molecular weight excluding hydrogens is 403 g/mol. The number of alkyl halides is 3. The third-order valence-electron chi connectivity index (χ3n) is 4.81. The molecule has 0 aliphatic rings. The van der Waals surface area contributed by atoms with E-state index in [1.165, 1.54) is 0 Å². The molecule has 0 bridgehead atoms. The lowest BCUT2D eigenvalue weighted by molar-refractivity contribution is -0.106. The van der Waals surface area contributed by atoms with Gasteiger partial charge in [-0.05, 0) is 28.7 Å². The maximum atomic E-state index is 12.5. The van der Waals surface area contributed by atoms with E-state index in [1.807, 2.05) is 62.4 Å². The quantitative estimate of drug-likeness (QED) is 0.596. The van der Waals surface area contributed by atoms with Gasteiger partial charge in [-0.25, -0.2) is 13.1 Å². The molecule has 1 heterocycles. The van der Waals surface area contributed by atoms with Crippen molar-refractivity contribution in [1.82, 2.24) is 14.9 Å². The predicted molar refractivity (Wildman–Crippen MR) is 106 cm³/mol. The number of halogens is 3. The molecule has 0 fully saturated rings. The molecule has 0 aliphatic carbocycles. The fourth-order valence-corrected chi connectivity index (χ4v) is 4.67. The lowest BCUT2D eigenvalue weighted by atomic mass is 9.71. The first-order valence-electron chi connectivity index (χ1n) is 8.99. The lowest BCUT2D eigenvalue weighted by Crippen LogP contribution is -2.41. The number of hydrogen-bond donors (Lipinski definition) is 2. The summed E-state index contributed by atoms with van der Waals surface area (Å²) < 4.78 is 63.6. The van der Waals surface area contributed by atoms with Crippen molar-refractivity contribution in [3.05, 3.63) is 65.9 Å². The topological polar surface area (TPSA) is 74.8 Å². The van der Waals surface area contributed by atoms with Crippen molar-refractivity contribution in [1.29, 1.82) is 0 Å². The molecule has 29 heavy (non-hydrogen) atoms. The largest absolute Gasteiger partial charge is 0.404 e. The molecular formula is C20H22F3N3O2S. The molecule has 2 aromatic carbocycles. The number of fused-ring (bicyclic) bond motifs is 1. The van der Waals surface area contributed by atoms with Gasteiger partial charge in [0.2, 0.25) is 10.0 Å². The molecule has 0 spiro atoms. The van der Waals surface area contributed by atoms with Gasteiger partial charge in [-0.2, -0.15) is 18.3 Å². The van der Waals surface area contributed by atoms with Crippen LogP contribution in [0, 0.1) is 5.41 Å². The van der Waals surface area contributed by atoms with Gasteiger partial charge in [0, 0.05) is 17.8 Å². The number of nitrogens with zero attached hydrogens (tertiary/aromatic N) is 1. The summed E-state index contributed by atoms with van der Waals surface area (Å²) in [7, 11) is -4.49. The number of benzene rings is 2. The fraction of sp³-hybridized carbons (Fsp3) is 0.350. The van der Waals surface area contributed by atoms with Crippen molar-refractivity contribution >= 4 is 20.9 Å². The summed E-state index contributed by atoms with van der Waals surface area (Å²) in [5, 5.41) is 7.80. The Labute approximate surface area is 167 Å². The number of aromatic nitrogens is 2. The molecule has 0 amide bonds. The summed E-state index contributed by atoms with van der Waals surface area (Å²) in [6, 6.07) is 15.3. The molecule has 5 nitrogen and oxygen atoms in total. The van der Waals surface area contributed by atoms with Crippen LogP contribution in [-0.2, 0) is 10.0 Å². The molecule has 156 valence electrons. The number of aromatic amines is 1. The van der Waals surface area contributed by atoms with Gasteiger partial charge < -0.3 is 0 Å². The van der Waals surface area contributed by atoms with Crippen LogP contribution in [0.5, 0.6) is 0 Å². The Bertz CT molecular complexity index is 1080. The molecule has 1 aromatic heterocycles. The van der Waals surface area contributed by atoms with Gasteiger partial charge in [-0.1, -0.05) is 50.2 Å². The Morgan fingerprint density at radius 2 is 1.76 bits per heavy atom. The average molecular weight is 425 g/mol. The smallest absolute Gasteiger partial charge is 0.278 e. The fourth-order valence-electron chi connectivity index (χ4n) is 3.55. The zero-order valence-electron chi connectivity index (χ0n) is 16.0. The lowest BCUT2D eigenvalue weighted by Gasteiger charge is -2.35. The summed E-state index contributed by atoms with van der Waals surface area (Å²) in [4.78, 5) is 0. The van der Waals surface area contributed by atoms with Crippen molar-refractivity contribution in [2.45, 2.75) is 25.9 Å². The van der Waals surface area contributed by atoms with Crippen LogP contribution < -0.4 is 4.72 Å². The van der Waals surface area contributed by atoms with Gasteiger partial charge in [0.15, 0.2) is 5.75 Å². The minimum Gasteiger partial charge on any atom is -0.278 e. The minimum atomic E-state index is -4.79. The third kappa shape index (κ3) is 5.36. The van der Waals surface area contributed by atoms with Crippen LogP contribution in [-0.4, -0.2) is 37.1 Å². The molecule has 0 aliphatic heterocycles. The van der Waals surface area contributed by atoms with Crippen LogP contribution in [0.2, 0.25) is 0 Å². The van der Waals surface area contributed by atoms with E-state index in [1.54, 1.807) is 6.20 Å². The monoisotopic (exact) mass is 425 g/mol. The Hall–Kier alpha value is -2.39. The minimum absolute atomic E-state index is 0.144. The summed E-state index contributed by atoms with van der Waals surface area (Å²) in [5.74, 6) is -2.15. The van der Waals surface area contributed by atoms with Gasteiger partial charge in [-0.15, -0.1) is 0 Å². The normalized spacial score (nSPS) is 14.2. The second kappa shape index (κ2) is 7.79. The van der Waals surface area contributed by atoms with Crippen LogP contribution in [0.1, 0.15) is 30.9 Å². The van der Waals surface area contributed by atoms with Gasteiger partial charge in [0.25, 0.3) is 0 Å². The van der Waals surface area contributed by atoms with Crippen LogP contribution in [0.25, 0.3) is 10.9 Å². The molecule has 9 heteroatoms. The zero-order valence-corrected chi connectivity index (χ0v) is 16.8. The standard InChI is InChI=1S/C20H22F3N3O2S/c1-19(2,12-25-29(27,28)13-20(21,22)23)18(14-6-4-3-5-7-14)15-8-9-17-16(10-15)11-24-26-17/h3-11,18,25H,12-13H2,1-2H3,(H,24,26). The predicted octanol–water partition coefficient (Wildman–Crippen LogP) is 4.20. The number of nitrogens with one attached hydrogen (secondary N) is 2. The number of hydrogen-bond acceptors (Lipinski definition) is 3. The van der Waals surface area contributed by atoms with E-state index in [-0.39, 0.29) is 12.5 Å². The number of rotatable bonds is 7.